The Morgan fingerprint density at radius 3 is 2.17 bits per heavy atom. The Bertz CT molecular complexity index is 638. The fourth-order valence-corrected chi connectivity index (χ4v) is 4.29. The van der Waals surface area contributed by atoms with E-state index < -0.39 is 0 Å². The van der Waals surface area contributed by atoms with Crippen LogP contribution in [0.15, 0.2) is 72.3 Å². The van der Waals surface area contributed by atoms with E-state index >= 15 is 0 Å². The van der Waals surface area contributed by atoms with Gasteiger partial charge in [-0.05, 0) is 23.2 Å². The van der Waals surface area contributed by atoms with E-state index in [4.69, 9.17) is 0 Å². The largest absolute Gasteiger partial charge is 2.00 e. The van der Waals surface area contributed by atoms with Gasteiger partial charge in [-0.3, -0.25) is 0 Å². The van der Waals surface area contributed by atoms with Gasteiger partial charge in [-0.2, -0.15) is 30.3 Å². The van der Waals surface area contributed by atoms with Crippen molar-refractivity contribution in [3.05, 3.63) is 77.9 Å². The summed E-state index contributed by atoms with van der Waals surface area (Å²) in [6.45, 7) is 11.6. The Kier molecular flexibility index (Phi) is 5.23. The molecule has 2 saturated carbocycles. The Balaban J connectivity index is 0.000000276. The maximum absolute atomic E-state index is 4.40. The maximum Gasteiger partial charge on any atom is 2.00 e. The smallest absolute Gasteiger partial charge is 0.214 e. The molecule has 2 aliphatic carbocycles. The summed E-state index contributed by atoms with van der Waals surface area (Å²) < 4.78 is 0. The van der Waals surface area contributed by atoms with Crippen molar-refractivity contribution in [2.75, 3.05) is 0 Å². The van der Waals surface area contributed by atoms with Crippen molar-refractivity contribution in [1.82, 2.24) is 0 Å². The average molecular weight is 346 g/mol. The van der Waals surface area contributed by atoms with Gasteiger partial charge in [0.15, 0.2) is 0 Å². The number of allylic oxidation sites excluding steroid dienone is 2. The number of hydrogen-bond donors (Lipinski definition) is 0. The number of fused-ring (bicyclic) bond motifs is 2. The predicted octanol–water partition coefficient (Wildman–Crippen LogP) is 6.20. The molecule has 2 atom stereocenters. The molecule has 23 heavy (non-hydrogen) atoms. The summed E-state index contributed by atoms with van der Waals surface area (Å²) in [6, 6.07) is 18.6. The van der Waals surface area contributed by atoms with E-state index in [1.54, 1.807) is 0 Å². The first-order valence-electron chi connectivity index (χ1n) is 8.26. The molecule has 2 bridgehead atoms. The van der Waals surface area contributed by atoms with Gasteiger partial charge in [-0.1, -0.05) is 32.8 Å². The third-order valence-electron chi connectivity index (χ3n) is 6.18. The van der Waals surface area contributed by atoms with Crippen LogP contribution in [0.1, 0.15) is 39.2 Å². The summed E-state index contributed by atoms with van der Waals surface area (Å²) in [6.07, 6.45) is 5.00. The van der Waals surface area contributed by atoms with Gasteiger partial charge in [-0.25, -0.2) is 12.1 Å². The summed E-state index contributed by atoms with van der Waals surface area (Å²) in [7, 11) is 0. The van der Waals surface area contributed by atoms with Gasteiger partial charge in [0.2, 0.25) is 0 Å². The van der Waals surface area contributed by atoms with Crippen molar-refractivity contribution >= 4 is 6.08 Å². The van der Waals surface area contributed by atoms with Crippen LogP contribution in [0, 0.1) is 16.7 Å². The van der Waals surface area contributed by atoms with Gasteiger partial charge < -0.3 is 0 Å². The van der Waals surface area contributed by atoms with Crippen molar-refractivity contribution in [2.24, 2.45) is 16.7 Å². The van der Waals surface area contributed by atoms with Crippen LogP contribution in [0.3, 0.4) is 0 Å². The van der Waals surface area contributed by atoms with Crippen LogP contribution < -0.4 is 0 Å². The van der Waals surface area contributed by atoms with Crippen molar-refractivity contribution in [1.29, 1.82) is 0 Å². The normalized spacial score (nSPS) is 29.1. The fourth-order valence-electron chi connectivity index (χ4n) is 4.29. The second-order valence-electron chi connectivity index (χ2n) is 7.40. The van der Waals surface area contributed by atoms with Crippen LogP contribution in [-0.4, -0.2) is 0 Å². The molecule has 0 spiro atoms. The van der Waals surface area contributed by atoms with Crippen molar-refractivity contribution < 1.29 is 17.1 Å². The topological polar surface area (TPSA) is 0 Å². The second-order valence-corrected chi connectivity index (χ2v) is 7.40. The third kappa shape index (κ3) is 2.93. The molecule has 0 saturated heterocycles. The Hall–Kier alpha value is -1.30. The first-order chi connectivity index (χ1) is 10.5. The van der Waals surface area contributed by atoms with E-state index in [1.165, 1.54) is 29.6 Å². The maximum atomic E-state index is 4.40. The second kappa shape index (κ2) is 6.67. The van der Waals surface area contributed by atoms with Crippen LogP contribution in [0.2, 0.25) is 0 Å². The molecule has 1 heteroatoms. The minimum Gasteiger partial charge on any atom is -0.214 e. The van der Waals surface area contributed by atoms with Gasteiger partial charge in [-0.15, -0.1) is 35.9 Å². The van der Waals surface area contributed by atoms with E-state index in [9.17, 15) is 0 Å². The van der Waals surface area contributed by atoms with E-state index in [0.717, 1.165) is 0 Å². The quantitative estimate of drug-likeness (QED) is 0.426. The zero-order chi connectivity index (χ0) is 15.8. The zero-order valence-corrected chi connectivity index (χ0v) is 15.4. The molecule has 2 unspecified atom stereocenters. The SMILES string of the molecule is C=C1/C(=C\[c-]2cccc2)C2CCC1(C)C2(C)C.[Fe+2].c1cc[cH-]c1. The molecule has 0 aliphatic heterocycles. The first-order valence-corrected chi connectivity index (χ1v) is 8.26. The summed E-state index contributed by atoms with van der Waals surface area (Å²) in [5, 5.41) is 0. The van der Waals surface area contributed by atoms with Crippen LogP contribution in [0.5, 0.6) is 0 Å². The molecule has 2 aliphatic rings. The van der Waals surface area contributed by atoms with Crippen LogP contribution in [0.25, 0.3) is 6.08 Å². The summed E-state index contributed by atoms with van der Waals surface area (Å²) in [5.41, 5.74) is 4.92. The molecule has 0 N–H and O–H groups in total. The average Bonchev–Trinajstić information content (AvgIpc) is 3.23. The predicted molar refractivity (Wildman–Crippen MR) is 95.8 cm³/mol. The monoisotopic (exact) mass is 346 g/mol. The number of hydrogen-bond acceptors (Lipinski definition) is 0. The molecular weight excluding hydrogens is 320 g/mol. The summed E-state index contributed by atoms with van der Waals surface area (Å²) in [4.78, 5) is 0. The van der Waals surface area contributed by atoms with E-state index in [2.05, 4.69) is 57.7 Å². The Morgan fingerprint density at radius 2 is 1.74 bits per heavy atom. The van der Waals surface area contributed by atoms with Gasteiger partial charge >= 0.3 is 17.1 Å². The van der Waals surface area contributed by atoms with E-state index in [1.807, 2.05) is 30.3 Å². The molecular formula is C22H26Fe. The van der Waals surface area contributed by atoms with Gasteiger partial charge in [0, 0.05) is 0 Å². The van der Waals surface area contributed by atoms with E-state index in [-0.39, 0.29) is 17.1 Å². The third-order valence-corrected chi connectivity index (χ3v) is 6.18. The molecule has 122 valence electrons. The fraction of sp³-hybridized carbons (Fsp3) is 0.364. The minimum absolute atomic E-state index is 0. The molecule has 0 amide bonds. The van der Waals surface area contributed by atoms with Gasteiger partial charge in [0.25, 0.3) is 0 Å². The van der Waals surface area contributed by atoms with Crippen LogP contribution in [0.4, 0.5) is 0 Å². The summed E-state index contributed by atoms with van der Waals surface area (Å²) >= 11 is 0. The van der Waals surface area contributed by atoms with Crippen molar-refractivity contribution in [2.45, 2.75) is 33.6 Å². The standard InChI is InChI=1S/C17H21.C5H5.Fe/c1-12-14(11-13-7-5-6-8-13)15-9-10-17(12,4)16(15,2)3;1-2-4-5-3-1;/h5-8,11,15H,1,9-10H2,2-4H3;1-5H;/q2*-1;+2/b14-11+;;. The molecule has 2 aromatic rings. The van der Waals surface area contributed by atoms with Gasteiger partial charge in [0.1, 0.15) is 0 Å². The first kappa shape index (κ1) is 18.0. The summed E-state index contributed by atoms with van der Waals surface area (Å²) in [5.74, 6) is 0.704. The molecule has 0 radical (unpaired) electrons. The van der Waals surface area contributed by atoms with Gasteiger partial charge in [0.05, 0.1) is 0 Å². The molecule has 0 heterocycles. The molecule has 2 aromatic carbocycles. The molecule has 4 rings (SSSR count). The number of rotatable bonds is 1. The molecule has 2 fully saturated rings. The molecule has 0 nitrogen and oxygen atoms in total. The Labute approximate surface area is 151 Å². The minimum atomic E-state index is 0. The van der Waals surface area contributed by atoms with Crippen molar-refractivity contribution in [3.8, 4) is 0 Å². The Morgan fingerprint density at radius 1 is 1.13 bits per heavy atom. The zero-order valence-electron chi connectivity index (χ0n) is 14.3. The van der Waals surface area contributed by atoms with Crippen molar-refractivity contribution in [3.63, 3.8) is 0 Å². The van der Waals surface area contributed by atoms with Crippen LogP contribution >= 0.6 is 0 Å². The van der Waals surface area contributed by atoms with Crippen LogP contribution in [-0.2, 0) is 17.1 Å². The van der Waals surface area contributed by atoms with E-state index in [0.29, 0.717) is 16.7 Å². The molecule has 0 aromatic heterocycles.